The second kappa shape index (κ2) is 8.03. The molecule has 0 amide bonds. The summed E-state index contributed by atoms with van der Waals surface area (Å²) in [6, 6.07) is 3.78. The molecule has 0 bridgehead atoms. The van der Waals surface area contributed by atoms with Crippen molar-refractivity contribution in [1.82, 2.24) is 0 Å². The number of hydrogen-bond donors (Lipinski definition) is 2. The van der Waals surface area contributed by atoms with Crippen LogP contribution in [-0.4, -0.2) is 20.4 Å². The van der Waals surface area contributed by atoms with Gasteiger partial charge in [0.1, 0.15) is 17.9 Å². The monoisotopic (exact) mass is 313 g/mol. The van der Waals surface area contributed by atoms with Gasteiger partial charge in [-0.1, -0.05) is 13.8 Å². The fraction of sp³-hybridized carbons (Fsp3) is 0.571. The summed E-state index contributed by atoms with van der Waals surface area (Å²) in [6.45, 7) is 3.92. The van der Waals surface area contributed by atoms with Crippen LogP contribution in [-0.2, 0) is 9.47 Å². The summed E-state index contributed by atoms with van der Waals surface area (Å²) in [7, 11) is 3.17. The van der Waals surface area contributed by atoms with E-state index in [0.717, 1.165) is 6.42 Å². The van der Waals surface area contributed by atoms with Crippen molar-refractivity contribution in [2.45, 2.75) is 39.1 Å². The van der Waals surface area contributed by atoms with Crippen LogP contribution in [0.1, 0.15) is 38.5 Å². The number of nitrogen functional groups attached to an aromatic ring is 1. The van der Waals surface area contributed by atoms with E-state index in [2.05, 4.69) is 11.4 Å². The van der Waals surface area contributed by atoms with E-state index in [0.29, 0.717) is 23.5 Å². The van der Waals surface area contributed by atoms with Crippen molar-refractivity contribution >= 4 is 23.1 Å². The summed E-state index contributed by atoms with van der Waals surface area (Å²) in [5.74, 6) is 0.418. The zero-order chi connectivity index (χ0) is 16.0. The molecule has 1 aromatic rings. The minimum Gasteiger partial charge on any atom is -0.362 e. The summed E-state index contributed by atoms with van der Waals surface area (Å²) < 4.78 is 12.2. The maximum atomic E-state index is 9.39. The van der Waals surface area contributed by atoms with Crippen LogP contribution in [0.2, 0.25) is 5.15 Å². The third-order valence-corrected chi connectivity index (χ3v) is 3.62. The molecular weight excluding hydrogens is 292 g/mol. The molecule has 0 saturated carbocycles. The number of pyridine rings is 1. The minimum atomic E-state index is -0.317. The summed E-state index contributed by atoms with van der Waals surface area (Å²) in [6.07, 6.45) is 0.887. The third kappa shape index (κ3) is 3.76. The number of nitrogens with one attached hydrogen (secondary N) is 1. The Morgan fingerprint density at radius 2 is 2.05 bits per heavy atom. The van der Waals surface area contributed by atoms with E-state index >= 15 is 0 Å². The molecule has 0 aliphatic carbocycles. The minimum absolute atomic E-state index is 0.215. The molecule has 0 spiro atoms. The van der Waals surface area contributed by atoms with Crippen LogP contribution in [0.25, 0.3) is 0 Å². The molecule has 0 aromatic carbocycles. The first kappa shape index (κ1) is 17.5. The average molecular weight is 314 g/mol. The molecule has 1 heterocycles. The molecule has 116 valence electrons. The van der Waals surface area contributed by atoms with Gasteiger partial charge in [0.15, 0.2) is 0 Å². The molecule has 3 N–H and O–H groups in total. The third-order valence-electron chi connectivity index (χ3n) is 3.25. The SMILES string of the molecule is CCC(Nc1cc(N)[n+](C(CC)OC)c(Cl)c1C#N)OC. The van der Waals surface area contributed by atoms with Gasteiger partial charge in [0.2, 0.25) is 11.4 Å². The van der Waals surface area contributed by atoms with Gasteiger partial charge in [0.05, 0.1) is 11.8 Å². The van der Waals surface area contributed by atoms with Gasteiger partial charge in [-0.15, -0.1) is 0 Å². The van der Waals surface area contributed by atoms with Crippen LogP contribution in [0.5, 0.6) is 0 Å². The van der Waals surface area contributed by atoms with Crippen molar-refractivity contribution < 1.29 is 14.0 Å². The molecule has 2 atom stereocenters. The zero-order valence-electron chi connectivity index (χ0n) is 12.8. The highest BCUT2D eigenvalue weighted by Crippen LogP contribution is 2.26. The lowest BCUT2D eigenvalue weighted by Crippen LogP contribution is -2.45. The topological polar surface area (TPSA) is 84.2 Å². The lowest BCUT2D eigenvalue weighted by molar-refractivity contribution is -0.746. The number of hydrogen-bond acceptors (Lipinski definition) is 5. The largest absolute Gasteiger partial charge is 0.362 e. The van der Waals surface area contributed by atoms with Gasteiger partial charge < -0.3 is 14.8 Å². The van der Waals surface area contributed by atoms with Gasteiger partial charge in [-0.05, 0) is 18.0 Å². The predicted octanol–water partition coefficient (Wildman–Crippen LogP) is 2.43. The summed E-state index contributed by atoms with van der Waals surface area (Å²) in [5.41, 5.74) is 6.93. The van der Waals surface area contributed by atoms with E-state index in [4.69, 9.17) is 26.8 Å². The molecular formula is C14H22ClN4O2+. The number of methoxy groups -OCH3 is 2. The lowest BCUT2D eigenvalue weighted by atomic mass is 10.2. The van der Waals surface area contributed by atoms with Crippen molar-refractivity contribution in [2.75, 3.05) is 25.3 Å². The molecule has 1 aromatic heterocycles. The maximum absolute atomic E-state index is 9.39. The molecule has 2 unspecified atom stereocenters. The van der Waals surface area contributed by atoms with Gasteiger partial charge in [-0.2, -0.15) is 9.83 Å². The molecule has 0 saturated heterocycles. The highest BCUT2D eigenvalue weighted by atomic mass is 35.5. The van der Waals surface area contributed by atoms with Crippen molar-refractivity contribution in [3.05, 3.63) is 16.8 Å². The molecule has 1 rings (SSSR count). The first-order chi connectivity index (χ1) is 10.0. The number of nitrogens with two attached hydrogens (primary N) is 1. The second-order valence-electron chi connectivity index (χ2n) is 4.51. The highest BCUT2D eigenvalue weighted by Gasteiger charge is 2.26. The number of ether oxygens (including phenoxy) is 2. The Balaban J connectivity index is 3.35. The Hall–Kier alpha value is -1.55. The Labute approximate surface area is 130 Å². The summed E-state index contributed by atoms with van der Waals surface area (Å²) in [5, 5.41) is 12.8. The van der Waals surface area contributed by atoms with E-state index in [9.17, 15) is 5.26 Å². The van der Waals surface area contributed by atoms with Crippen LogP contribution in [0.4, 0.5) is 11.5 Å². The number of aromatic nitrogens is 1. The Bertz CT molecular complexity index is 523. The van der Waals surface area contributed by atoms with Crippen LogP contribution in [0.3, 0.4) is 0 Å². The molecule has 0 radical (unpaired) electrons. The van der Waals surface area contributed by atoms with E-state index in [1.54, 1.807) is 24.9 Å². The molecule has 6 nitrogen and oxygen atoms in total. The van der Waals surface area contributed by atoms with Gasteiger partial charge in [-0.3, -0.25) is 5.73 Å². The van der Waals surface area contributed by atoms with Crippen molar-refractivity contribution in [3.63, 3.8) is 0 Å². The number of nitrogens with zero attached hydrogens (tertiary/aromatic N) is 2. The molecule has 0 fully saturated rings. The average Bonchev–Trinajstić information content (AvgIpc) is 2.48. The first-order valence-corrected chi connectivity index (χ1v) is 7.17. The predicted molar refractivity (Wildman–Crippen MR) is 81.8 cm³/mol. The van der Waals surface area contributed by atoms with E-state index in [1.807, 2.05) is 13.8 Å². The van der Waals surface area contributed by atoms with Crippen molar-refractivity contribution in [1.29, 1.82) is 5.26 Å². The fourth-order valence-corrected chi connectivity index (χ4v) is 2.45. The Morgan fingerprint density at radius 3 is 2.48 bits per heavy atom. The quantitative estimate of drug-likeness (QED) is 0.459. The second-order valence-corrected chi connectivity index (χ2v) is 4.86. The smallest absolute Gasteiger partial charge is 0.277 e. The molecule has 21 heavy (non-hydrogen) atoms. The number of anilines is 2. The zero-order valence-corrected chi connectivity index (χ0v) is 13.6. The van der Waals surface area contributed by atoms with Crippen LogP contribution in [0.15, 0.2) is 6.07 Å². The first-order valence-electron chi connectivity index (χ1n) is 6.79. The molecule has 0 aliphatic heterocycles. The number of nitriles is 1. The highest BCUT2D eigenvalue weighted by molar-refractivity contribution is 6.30. The van der Waals surface area contributed by atoms with Gasteiger partial charge in [0, 0.05) is 20.6 Å². The fourth-order valence-electron chi connectivity index (χ4n) is 2.10. The van der Waals surface area contributed by atoms with Crippen molar-refractivity contribution in [2.24, 2.45) is 0 Å². The Kier molecular flexibility index (Phi) is 6.69. The summed E-state index contributed by atoms with van der Waals surface area (Å²) in [4.78, 5) is 0. The van der Waals surface area contributed by atoms with E-state index in [-0.39, 0.29) is 17.6 Å². The van der Waals surface area contributed by atoms with Crippen LogP contribution >= 0.6 is 11.6 Å². The molecule has 7 heteroatoms. The number of halogens is 1. The lowest BCUT2D eigenvalue weighted by Gasteiger charge is -2.20. The van der Waals surface area contributed by atoms with Crippen molar-refractivity contribution in [3.8, 4) is 6.07 Å². The van der Waals surface area contributed by atoms with E-state index in [1.165, 1.54) is 0 Å². The van der Waals surface area contributed by atoms with E-state index < -0.39 is 0 Å². The van der Waals surface area contributed by atoms with Crippen LogP contribution < -0.4 is 15.6 Å². The molecule has 0 aliphatic rings. The summed E-state index contributed by atoms with van der Waals surface area (Å²) >= 11 is 6.34. The normalized spacial score (nSPS) is 13.5. The Morgan fingerprint density at radius 1 is 1.38 bits per heavy atom. The van der Waals surface area contributed by atoms with Gasteiger partial charge >= 0.3 is 0 Å². The van der Waals surface area contributed by atoms with Crippen LogP contribution in [0, 0.1) is 11.3 Å². The van der Waals surface area contributed by atoms with Gasteiger partial charge in [-0.25, -0.2) is 0 Å². The van der Waals surface area contributed by atoms with Gasteiger partial charge in [0.25, 0.3) is 5.82 Å². The maximum Gasteiger partial charge on any atom is 0.277 e. The standard InChI is InChI=1S/C14H21ClN4O2/c1-5-12(20-3)18-10-7-11(17)19(13(6-2)21-4)14(15)9(10)8-16/h7,12-13H,5-6H2,1-4H3,(H2,17,18)/p+1. The number of rotatable bonds is 7.